The number of phenols is 1. The van der Waals surface area contributed by atoms with E-state index in [1.807, 2.05) is 0 Å². The van der Waals surface area contributed by atoms with Crippen molar-refractivity contribution in [1.82, 2.24) is 0 Å². The molecule has 3 rings (SSSR count). The van der Waals surface area contributed by atoms with E-state index in [1.54, 1.807) is 48.6 Å². The summed E-state index contributed by atoms with van der Waals surface area (Å²) in [5.74, 6) is -2.08. The lowest BCUT2D eigenvalue weighted by Crippen LogP contribution is -2.58. The van der Waals surface area contributed by atoms with Gasteiger partial charge in [-0.1, -0.05) is 48.0 Å². The van der Waals surface area contributed by atoms with Crippen LogP contribution in [0.2, 0.25) is 5.02 Å². The van der Waals surface area contributed by atoms with Crippen LogP contribution >= 0.6 is 11.6 Å². The van der Waals surface area contributed by atoms with Crippen molar-refractivity contribution in [3.05, 3.63) is 76.8 Å². The lowest BCUT2D eigenvalue weighted by Gasteiger charge is -2.41. The highest BCUT2D eigenvalue weighted by Gasteiger charge is 2.52. The molecule has 8 nitrogen and oxygen atoms in total. The van der Waals surface area contributed by atoms with Crippen molar-refractivity contribution in [1.29, 1.82) is 0 Å². The van der Waals surface area contributed by atoms with Crippen LogP contribution in [0.25, 0.3) is 12.2 Å². The Morgan fingerprint density at radius 1 is 1.00 bits per heavy atom. The molecule has 0 aliphatic heterocycles. The van der Waals surface area contributed by atoms with Crippen molar-refractivity contribution in [2.45, 2.75) is 36.8 Å². The maximum atomic E-state index is 12.3. The fourth-order valence-electron chi connectivity index (χ4n) is 3.60. The number of aliphatic carboxylic acids is 1. The number of benzene rings is 2. The fourth-order valence-corrected chi connectivity index (χ4v) is 3.73. The standard InChI is InChI=1S/C25H25ClO8/c26-18-8-3-16(4-9-18)2-1-13-33-25(24(31)32)14-20(28)23(30)21(15-25)34-22(29)12-7-17-5-10-19(27)11-6-17/h1-12,20-21,23,27-28,30H,13-15H2,(H,31,32)/t20-,21+,23+,25-/m0/s1. The number of carbonyl (C=O) groups is 2. The third-order valence-electron chi connectivity index (χ3n) is 5.44. The van der Waals surface area contributed by atoms with E-state index < -0.39 is 35.9 Å². The maximum absolute atomic E-state index is 12.3. The third kappa shape index (κ3) is 6.68. The summed E-state index contributed by atoms with van der Waals surface area (Å²) in [5.41, 5.74) is -0.396. The van der Waals surface area contributed by atoms with Crippen LogP contribution in [0.3, 0.4) is 0 Å². The number of aliphatic hydroxyl groups is 2. The molecular weight excluding hydrogens is 464 g/mol. The maximum Gasteiger partial charge on any atom is 0.336 e. The molecule has 1 aliphatic rings. The van der Waals surface area contributed by atoms with Gasteiger partial charge in [-0.05, 0) is 41.5 Å². The van der Waals surface area contributed by atoms with Gasteiger partial charge in [0.25, 0.3) is 0 Å². The number of carboxylic acid groups (broad SMARTS) is 1. The smallest absolute Gasteiger partial charge is 0.336 e. The van der Waals surface area contributed by atoms with Gasteiger partial charge in [0.1, 0.15) is 18.0 Å². The molecule has 0 aromatic heterocycles. The summed E-state index contributed by atoms with van der Waals surface area (Å²) in [6, 6.07) is 13.1. The van der Waals surface area contributed by atoms with Crippen molar-refractivity contribution in [2.24, 2.45) is 0 Å². The molecule has 0 spiro atoms. The zero-order chi connectivity index (χ0) is 24.7. The molecule has 9 heteroatoms. The van der Waals surface area contributed by atoms with Crippen LogP contribution < -0.4 is 0 Å². The Kier molecular flexibility index (Phi) is 8.46. The first-order chi connectivity index (χ1) is 16.2. The van der Waals surface area contributed by atoms with Crippen molar-refractivity contribution in [3.63, 3.8) is 0 Å². The highest BCUT2D eigenvalue weighted by molar-refractivity contribution is 6.30. The largest absolute Gasteiger partial charge is 0.508 e. The van der Waals surface area contributed by atoms with Crippen LogP contribution in [-0.4, -0.2) is 62.9 Å². The number of ether oxygens (including phenoxy) is 2. The molecule has 2 aromatic carbocycles. The molecule has 0 unspecified atom stereocenters. The zero-order valence-corrected chi connectivity index (χ0v) is 18.8. The molecule has 0 saturated heterocycles. The van der Waals surface area contributed by atoms with E-state index in [2.05, 4.69) is 0 Å². The molecule has 4 atom stereocenters. The average Bonchev–Trinajstić information content (AvgIpc) is 2.80. The number of phenolic OH excluding ortho intramolecular Hbond substituents is 1. The highest BCUT2D eigenvalue weighted by atomic mass is 35.5. The van der Waals surface area contributed by atoms with E-state index in [-0.39, 0.29) is 25.2 Å². The van der Waals surface area contributed by atoms with Crippen LogP contribution in [0.15, 0.2) is 60.7 Å². The second-order valence-corrected chi connectivity index (χ2v) is 8.37. The first kappa shape index (κ1) is 25.5. The number of esters is 1. The van der Waals surface area contributed by atoms with Crippen LogP contribution in [0.5, 0.6) is 5.75 Å². The number of halogens is 1. The zero-order valence-electron chi connectivity index (χ0n) is 18.1. The molecule has 2 aromatic rings. The van der Waals surface area contributed by atoms with Crippen molar-refractivity contribution in [2.75, 3.05) is 6.61 Å². The summed E-state index contributed by atoms with van der Waals surface area (Å²) < 4.78 is 10.9. The Morgan fingerprint density at radius 2 is 1.62 bits per heavy atom. The van der Waals surface area contributed by atoms with E-state index in [9.17, 15) is 30.0 Å². The summed E-state index contributed by atoms with van der Waals surface area (Å²) in [7, 11) is 0. The molecule has 0 bridgehead atoms. The number of aromatic hydroxyl groups is 1. The van der Waals surface area contributed by atoms with Crippen LogP contribution in [0.1, 0.15) is 24.0 Å². The lowest BCUT2D eigenvalue weighted by atomic mass is 9.79. The van der Waals surface area contributed by atoms with Gasteiger partial charge in [0.2, 0.25) is 0 Å². The molecule has 180 valence electrons. The Morgan fingerprint density at radius 3 is 2.26 bits per heavy atom. The summed E-state index contributed by atoms with van der Waals surface area (Å²) in [5, 5.41) is 40.3. The van der Waals surface area contributed by atoms with Crippen LogP contribution in [0, 0.1) is 0 Å². The Hall–Kier alpha value is -3.17. The highest BCUT2D eigenvalue weighted by Crippen LogP contribution is 2.34. The minimum absolute atomic E-state index is 0.0760. The topological polar surface area (TPSA) is 134 Å². The van der Waals surface area contributed by atoms with Gasteiger partial charge in [-0.15, -0.1) is 0 Å². The quantitative estimate of drug-likeness (QED) is 0.329. The second kappa shape index (κ2) is 11.3. The molecule has 34 heavy (non-hydrogen) atoms. The van der Waals surface area contributed by atoms with E-state index in [1.165, 1.54) is 18.2 Å². The predicted octanol–water partition coefficient (Wildman–Crippen LogP) is 3.04. The first-order valence-electron chi connectivity index (χ1n) is 10.5. The third-order valence-corrected chi connectivity index (χ3v) is 5.70. The summed E-state index contributed by atoms with van der Waals surface area (Å²) >= 11 is 5.85. The monoisotopic (exact) mass is 488 g/mol. The van der Waals surface area contributed by atoms with Gasteiger partial charge in [-0.3, -0.25) is 0 Å². The minimum Gasteiger partial charge on any atom is -0.508 e. The predicted molar refractivity (Wildman–Crippen MR) is 125 cm³/mol. The molecular formula is C25H25ClO8. The van der Waals surface area contributed by atoms with Crippen molar-refractivity contribution >= 4 is 35.7 Å². The van der Waals surface area contributed by atoms with E-state index >= 15 is 0 Å². The van der Waals surface area contributed by atoms with E-state index in [4.69, 9.17) is 21.1 Å². The summed E-state index contributed by atoms with van der Waals surface area (Å²) in [6.45, 7) is -0.0842. The van der Waals surface area contributed by atoms with Gasteiger partial charge in [0, 0.05) is 23.9 Å². The SMILES string of the molecule is O=C(C=Cc1ccc(O)cc1)O[C@@H]1C[C@](OCC=Cc2ccc(Cl)cc2)(C(=O)O)C[C@H](O)[C@H]1O. The van der Waals surface area contributed by atoms with Gasteiger partial charge >= 0.3 is 11.9 Å². The van der Waals surface area contributed by atoms with Crippen LogP contribution in [-0.2, 0) is 19.1 Å². The summed E-state index contributed by atoms with van der Waals surface area (Å²) in [6.07, 6.45) is 0.962. The van der Waals surface area contributed by atoms with Gasteiger partial charge < -0.3 is 29.9 Å². The number of hydrogen-bond acceptors (Lipinski definition) is 7. The molecule has 4 N–H and O–H groups in total. The normalized spacial score (nSPS) is 25.0. The van der Waals surface area contributed by atoms with Gasteiger partial charge in [-0.2, -0.15) is 0 Å². The summed E-state index contributed by atoms with van der Waals surface area (Å²) in [4.78, 5) is 24.3. The number of carboxylic acids is 1. The Balaban J connectivity index is 1.65. The van der Waals surface area contributed by atoms with Crippen LogP contribution in [0.4, 0.5) is 0 Å². The fraction of sp³-hybridized carbons (Fsp3) is 0.280. The number of rotatable bonds is 8. The molecule has 0 amide bonds. The van der Waals surface area contributed by atoms with Gasteiger partial charge in [0.15, 0.2) is 5.60 Å². The number of aliphatic hydroxyl groups excluding tert-OH is 2. The molecule has 0 heterocycles. The second-order valence-electron chi connectivity index (χ2n) is 7.93. The number of carbonyl (C=O) groups excluding carboxylic acids is 1. The Bertz CT molecular complexity index is 1050. The first-order valence-corrected chi connectivity index (χ1v) is 10.9. The van der Waals surface area contributed by atoms with Gasteiger partial charge in [-0.25, -0.2) is 9.59 Å². The molecule has 0 radical (unpaired) electrons. The van der Waals surface area contributed by atoms with Crippen molar-refractivity contribution in [3.8, 4) is 5.75 Å². The van der Waals surface area contributed by atoms with Gasteiger partial charge in [0.05, 0.1) is 12.7 Å². The molecule has 1 saturated carbocycles. The number of hydrogen-bond donors (Lipinski definition) is 4. The lowest BCUT2D eigenvalue weighted by molar-refractivity contribution is -0.204. The Labute approximate surface area is 201 Å². The van der Waals surface area contributed by atoms with Crippen molar-refractivity contribution < 1.29 is 39.5 Å². The molecule has 1 aliphatic carbocycles. The average molecular weight is 489 g/mol. The van der Waals surface area contributed by atoms with E-state index in [0.717, 1.165) is 11.6 Å². The van der Waals surface area contributed by atoms with E-state index in [0.29, 0.717) is 10.6 Å². The minimum atomic E-state index is -1.85. The molecule has 1 fully saturated rings.